The summed E-state index contributed by atoms with van der Waals surface area (Å²) < 4.78 is 18.0. The molecule has 0 atom stereocenters. The normalized spacial score (nSPS) is 22.7. The Bertz CT molecular complexity index is 906. The van der Waals surface area contributed by atoms with Crippen molar-refractivity contribution in [1.82, 2.24) is 0 Å². The Morgan fingerprint density at radius 2 is 1.47 bits per heavy atom. The first-order valence-corrected chi connectivity index (χ1v) is 11.2. The third-order valence-electron chi connectivity index (χ3n) is 6.76. The van der Waals surface area contributed by atoms with Gasteiger partial charge in [0.15, 0.2) is 23.1 Å². The highest BCUT2D eigenvalue weighted by Crippen LogP contribution is 2.49. The standard InChI is InChI=1S/C25H28O5/c1-28-22-14-15(12-13-19(22)29-16-6-2-3-7-16)23-24-17(26)8-4-10-20(24)30-21-11-5-9-18(27)25(21)23/h12-14,16,23H,2-11H2,1H3. The van der Waals surface area contributed by atoms with Gasteiger partial charge < -0.3 is 14.2 Å². The highest BCUT2D eigenvalue weighted by Gasteiger charge is 2.42. The van der Waals surface area contributed by atoms with E-state index < -0.39 is 0 Å². The van der Waals surface area contributed by atoms with Crippen molar-refractivity contribution in [1.29, 1.82) is 0 Å². The van der Waals surface area contributed by atoms with Crippen molar-refractivity contribution in [2.24, 2.45) is 0 Å². The zero-order valence-corrected chi connectivity index (χ0v) is 17.5. The molecule has 0 N–H and O–H groups in total. The van der Waals surface area contributed by atoms with Crippen LogP contribution in [0.5, 0.6) is 11.5 Å². The number of Topliss-reactive ketones (excluding diaryl/α,β-unsaturated/α-hetero) is 2. The second-order valence-corrected chi connectivity index (χ2v) is 8.70. The van der Waals surface area contributed by atoms with E-state index in [1.165, 1.54) is 12.8 Å². The lowest BCUT2D eigenvalue weighted by molar-refractivity contribution is -0.117. The lowest BCUT2D eigenvalue weighted by atomic mass is 9.73. The number of allylic oxidation sites excluding steroid dienone is 4. The number of ether oxygens (including phenoxy) is 3. The van der Waals surface area contributed by atoms with Crippen LogP contribution in [0.2, 0.25) is 0 Å². The van der Waals surface area contributed by atoms with Crippen LogP contribution in [-0.4, -0.2) is 24.8 Å². The Kier molecular flexibility index (Phi) is 5.13. The molecule has 0 amide bonds. The summed E-state index contributed by atoms with van der Waals surface area (Å²) in [6, 6.07) is 5.87. The van der Waals surface area contributed by atoms with Crippen LogP contribution in [0, 0.1) is 0 Å². The highest BCUT2D eigenvalue weighted by molar-refractivity contribution is 6.05. The van der Waals surface area contributed by atoms with E-state index in [1.807, 2.05) is 18.2 Å². The van der Waals surface area contributed by atoms with Gasteiger partial charge in [0, 0.05) is 42.7 Å². The lowest BCUT2D eigenvalue weighted by Gasteiger charge is -2.36. The first-order valence-electron chi connectivity index (χ1n) is 11.2. The average molecular weight is 408 g/mol. The fourth-order valence-corrected chi connectivity index (χ4v) is 5.30. The van der Waals surface area contributed by atoms with Gasteiger partial charge in [0.25, 0.3) is 0 Å². The van der Waals surface area contributed by atoms with Gasteiger partial charge in [0.1, 0.15) is 11.5 Å². The molecule has 1 aromatic carbocycles. The van der Waals surface area contributed by atoms with Gasteiger partial charge in [0.2, 0.25) is 0 Å². The third kappa shape index (κ3) is 3.34. The van der Waals surface area contributed by atoms with Gasteiger partial charge >= 0.3 is 0 Å². The molecule has 0 radical (unpaired) electrons. The molecule has 5 nitrogen and oxygen atoms in total. The molecule has 1 aliphatic heterocycles. The monoisotopic (exact) mass is 408 g/mol. The van der Waals surface area contributed by atoms with Gasteiger partial charge in [-0.3, -0.25) is 9.59 Å². The van der Waals surface area contributed by atoms with Gasteiger partial charge in [-0.15, -0.1) is 0 Å². The van der Waals surface area contributed by atoms with E-state index in [0.29, 0.717) is 29.7 Å². The minimum atomic E-state index is -0.362. The molecule has 5 heteroatoms. The van der Waals surface area contributed by atoms with E-state index in [1.54, 1.807) is 7.11 Å². The summed E-state index contributed by atoms with van der Waals surface area (Å²) in [6.07, 6.45) is 8.90. The van der Waals surface area contributed by atoms with Crippen LogP contribution in [0.25, 0.3) is 0 Å². The van der Waals surface area contributed by atoms with Crippen LogP contribution in [0.4, 0.5) is 0 Å². The molecular formula is C25H28O5. The number of hydrogen-bond donors (Lipinski definition) is 0. The number of carbonyl (C=O) groups is 2. The summed E-state index contributed by atoms with van der Waals surface area (Å²) in [7, 11) is 1.64. The lowest BCUT2D eigenvalue weighted by Crippen LogP contribution is -2.30. The predicted octanol–water partition coefficient (Wildman–Crippen LogP) is 5.14. The number of methoxy groups -OCH3 is 1. The van der Waals surface area contributed by atoms with Crippen molar-refractivity contribution in [2.45, 2.75) is 76.2 Å². The van der Waals surface area contributed by atoms with Crippen LogP contribution in [0.15, 0.2) is 40.9 Å². The van der Waals surface area contributed by atoms with Crippen LogP contribution in [0.1, 0.15) is 75.7 Å². The summed E-state index contributed by atoms with van der Waals surface area (Å²) in [5, 5.41) is 0. The maximum absolute atomic E-state index is 12.9. The van der Waals surface area contributed by atoms with E-state index in [-0.39, 0.29) is 23.6 Å². The van der Waals surface area contributed by atoms with Crippen LogP contribution >= 0.6 is 0 Å². The smallest absolute Gasteiger partial charge is 0.163 e. The van der Waals surface area contributed by atoms with Crippen molar-refractivity contribution in [2.75, 3.05) is 7.11 Å². The largest absolute Gasteiger partial charge is 0.493 e. The molecule has 0 saturated heterocycles. The second kappa shape index (κ2) is 7.93. The number of rotatable bonds is 4. The van der Waals surface area contributed by atoms with Gasteiger partial charge in [-0.25, -0.2) is 0 Å². The first kappa shape index (κ1) is 19.4. The number of ketones is 2. The third-order valence-corrected chi connectivity index (χ3v) is 6.76. The molecule has 3 aliphatic carbocycles. The Morgan fingerprint density at radius 3 is 2.07 bits per heavy atom. The Morgan fingerprint density at radius 1 is 0.833 bits per heavy atom. The Balaban J connectivity index is 1.57. The van der Waals surface area contributed by atoms with E-state index in [9.17, 15) is 9.59 Å². The summed E-state index contributed by atoms with van der Waals surface area (Å²) in [4.78, 5) is 25.8. The topological polar surface area (TPSA) is 61.8 Å². The van der Waals surface area contributed by atoms with E-state index in [0.717, 1.165) is 61.4 Å². The molecule has 0 spiro atoms. The van der Waals surface area contributed by atoms with Crippen LogP contribution in [0.3, 0.4) is 0 Å². The van der Waals surface area contributed by atoms with Gasteiger partial charge in [0.05, 0.1) is 13.2 Å². The summed E-state index contributed by atoms with van der Waals surface area (Å²) >= 11 is 0. The molecule has 5 rings (SSSR count). The molecule has 1 fully saturated rings. The zero-order chi connectivity index (χ0) is 20.7. The maximum atomic E-state index is 12.9. The highest BCUT2D eigenvalue weighted by atomic mass is 16.5. The van der Waals surface area contributed by atoms with Gasteiger partial charge in [-0.05, 0) is 56.2 Å². The molecule has 1 saturated carbocycles. The molecule has 1 aromatic rings. The molecule has 30 heavy (non-hydrogen) atoms. The van der Waals surface area contributed by atoms with Gasteiger partial charge in [-0.2, -0.15) is 0 Å². The van der Waals surface area contributed by atoms with E-state index in [4.69, 9.17) is 14.2 Å². The molecule has 0 bridgehead atoms. The minimum Gasteiger partial charge on any atom is -0.493 e. The van der Waals surface area contributed by atoms with Crippen LogP contribution in [-0.2, 0) is 14.3 Å². The summed E-state index contributed by atoms with van der Waals surface area (Å²) in [5.41, 5.74) is 2.24. The molecule has 0 unspecified atom stereocenters. The van der Waals surface area contributed by atoms with Crippen LogP contribution < -0.4 is 9.47 Å². The predicted molar refractivity (Wildman–Crippen MR) is 111 cm³/mol. The Hall–Kier alpha value is -2.56. The number of benzene rings is 1. The molecule has 4 aliphatic rings. The van der Waals surface area contributed by atoms with E-state index in [2.05, 4.69) is 0 Å². The Labute approximate surface area is 177 Å². The molecular weight excluding hydrogens is 380 g/mol. The molecule has 158 valence electrons. The molecule has 1 heterocycles. The number of hydrogen-bond acceptors (Lipinski definition) is 5. The van der Waals surface area contributed by atoms with Crippen molar-refractivity contribution >= 4 is 11.6 Å². The minimum absolute atomic E-state index is 0.0939. The fourth-order valence-electron chi connectivity index (χ4n) is 5.30. The average Bonchev–Trinajstić information content (AvgIpc) is 3.26. The SMILES string of the molecule is COc1cc(C2C3=C(CCCC3=O)OC3=C2C(=O)CCC3)ccc1OC1CCCC1. The maximum Gasteiger partial charge on any atom is 0.163 e. The quantitative estimate of drug-likeness (QED) is 0.690. The summed E-state index contributed by atoms with van der Waals surface area (Å²) in [5.74, 6) is 2.73. The van der Waals surface area contributed by atoms with Gasteiger partial charge in [-0.1, -0.05) is 6.07 Å². The number of carbonyl (C=O) groups excluding carboxylic acids is 2. The first-order chi connectivity index (χ1) is 14.7. The fraction of sp³-hybridized carbons (Fsp3) is 0.520. The second-order valence-electron chi connectivity index (χ2n) is 8.70. The zero-order valence-electron chi connectivity index (χ0n) is 17.5. The summed E-state index contributed by atoms with van der Waals surface area (Å²) in [6.45, 7) is 0. The van der Waals surface area contributed by atoms with E-state index >= 15 is 0 Å². The van der Waals surface area contributed by atoms with Crippen molar-refractivity contribution in [3.05, 3.63) is 46.4 Å². The van der Waals surface area contributed by atoms with Crippen molar-refractivity contribution in [3.8, 4) is 11.5 Å². The van der Waals surface area contributed by atoms with Crippen molar-refractivity contribution in [3.63, 3.8) is 0 Å². The molecule has 0 aromatic heterocycles. The van der Waals surface area contributed by atoms with Crippen molar-refractivity contribution < 1.29 is 23.8 Å².